The van der Waals surface area contributed by atoms with E-state index in [2.05, 4.69) is 15.0 Å². The number of aromatic nitrogens is 4. The van der Waals surface area contributed by atoms with Gasteiger partial charge in [-0.05, 0) is 30.7 Å². The summed E-state index contributed by atoms with van der Waals surface area (Å²) in [5.74, 6) is -0.670. The largest absolute Gasteiger partial charge is 0.382 e. The van der Waals surface area contributed by atoms with Crippen molar-refractivity contribution in [2.45, 2.75) is 13.5 Å². The predicted molar refractivity (Wildman–Crippen MR) is 105 cm³/mol. The molecule has 2 aromatic carbocycles. The van der Waals surface area contributed by atoms with Crippen LogP contribution in [0.2, 0.25) is 10.0 Å². The van der Waals surface area contributed by atoms with Gasteiger partial charge in [-0.25, -0.2) is 23.7 Å². The van der Waals surface area contributed by atoms with E-state index in [-0.39, 0.29) is 29.3 Å². The van der Waals surface area contributed by atoms with E-state index >= 15 is 0 Å². The average molecular weight is 420 g/mol. The topological polar surface area (TPSA) is 69.6 Å². The second kappa shape index (κ2) is 7.00. The Bertz CT molecular complexity index is 1160. The molecule has 0 bridgehead atoms. The molecule has 5 nitrogen and oxygen atoms in total. The molecule has 0 saturated carbocycles. The minimum Gasteiger partial charge on any atom is -0.382 e. The maximum atomic E-state index is 13.9. The molecule has 28 heavy (non-hydrogen) atoms. The minimum absolute atomic E-state index is 0.157. The number of nitrogens with two attached hydrogens (primary N) is 1. The molecule has 0 fully saturated rings. The third kappa shape index (κ3) is 3.16. The molecule has 0 atom stereocenters. The van der Waals surface area contributed by atoms with Gasteiger partial charge < -0.3 is 10.3 Å². The van der Waals surface area contributed by atoms with Gasteiger partial charge in [0.05, 0.1) is 12.9 Å². The molecule has 0 radical (unpaired) electrons. The zero-order chi connectivity index (χ0) is 20.0. The molecule has 0 aromatic heterocycles. The highest BCUT2D eigenvalue weighted by Gasteiger charge is 2.22. The van der Waals surface area contributed by atoms with Gasteiger partial charge in [-0.2, -0.15) is 0 Å². The van der Waals surface area contributed by atoms with E-state index < -0.39 is 11.6 Å². The molecule has 4 rings (SSSR count). The van der Waals surface area contributed by atoms with Crippen LogP contribution >= 0.6 is 23.2 Å². The van der Waals surface area contributed by atoms with Crippen LogP contribution in [0, 0.1) is 18.6 Å². The molecule has 0 amide bonds. The number of fused-ring (bicyclic) bond motifs is 1. The van der Waals surface area contributed by atoms with Crippen LogP contribution in [0.15, 0.2) is 36.7 Å². The van der Waals surface area contributed by atoms with Crippen molar-refractivity contribution in [1.82, 2.24) is 19.5 Å². The van der Waals surface area contributed by atoms with Crippen LogP contribution in [0.5, 0.6) is 0 Å². The van der Waals surface area contributed by atoms with E-state index in [9.17, 15) is 8.78 Å². The lowest BCUT2D eigenvalue weighted by atomic mass is 10.1. The van der Waals surface area contributed by atoms with Crippen LogP contribution in [-0.4, -0.2) is 19.5 Å². The second-order valence-electron chi connectivity index (χ2n) is 6.24. The molecule has 2 heterocycles. The summed E-state index contributed by atoms with van der Waals surface area (Å²) in [5, 5.41) is 0.987. The Morgan fingerprint density at radius 3 is 2.54 bits per heavy atom. The third-order valence-corrected chi connectivity index (χ3v) is 5.14. The average Bonchev–Trinajstić information content (AvgIpc) is 3.09. The lowest BCUT2D eigenvalue weighted by Gasteiger charge is -2.13. The smallest absolute Gasteiger partial charge is 0.166 e. The highest BCUT2D eigenvalue weighted by Crippen LogP contribution is 2.32. The van der Waals surface area contributed by atoms with Gasteiger partial charge in [-0.1, -0.05) is 29.3 Å². The first-order chi connectivity index (χ1) is 13.3. The molecule has 142 valence electrons. The summed E-state index contributed by atoms with van der Waals surface area (Å²) in [6.07, 6.45) is 1.49. The lowest BCUT2D eigenvalue weighted by Crippen LogP contribution is -2.09. The number of imidazole rings is 1. The third-order valence-electron chi connectivity index (χ3n) is 4.43. The van der Waals surface area contributed by atoms with Crippen molar-refractivity contribution in [2.24, 2.45) is 0 Å². The summed E-state index contributed by atoms with van der Waals surface area (Å²) >= 11 is 12.5. The highest BCUT2D eigenvalue weighted by atomic mass is 35.5. The summed E-state index contributed by atoms with van der Waals surface area (Å²) in [4.78, 5) is 12.9. The molecule has 2 aliphatic rings. The van der Waals surface area contributed by atoms with Crippen molar-refractivity contribution < 1.29 is 8.78 Å². The summed E-state index contributed by atoms with van der Waals surface area (Å²) in [5.41, 5.74) is 7.43. The molecule has 2 N–H and O–H groups in total. The van der Waals surface area contributed by atoms with Gasteiger partial charge in [0.25, 0.3) is 0 Å². The van der Waals surface area contributed by atoms with Gasteiger partial charge in [-0.3, -0.25) is 0 Å². The summed E-state index contributed by atoms with van der Waals surface area (Å²) in [7, 11) is 0. The van der Waals surface area contributed by atoms with Gasteiger partial charge in [0.2, 0.25) is 0 Å². The van der Waals surface area contributed by atoms with Crippen molar-refractivity contribution >= 4 is 29.0 Å². The quantitative estimate of drug-likeness (QED) is 0.508. The maximum Gasteiger partial charge on any atom is 0.166 e. The van der Waals surface area contributed by atoms with Crippen molar-refractivity contribution in [1.29, 1.82) is 0 Å². The van der Waals surface area contributed by atoms with E-state index in [1.807, 2.05) is 0 Å². The van der Waals surface area contributed by atoms with Gasteiger partial charge >= 0.3 is 0 Å². The Balaban J connectivity index is 1.87. The van der Waals surface area contributed by atoms with Crippen molar-refractivity contribution in [3.05, 3.63) is 69.5 Å². The van der Waals surface area contributed by atoms with Gasteiger partial charge in [0.1, 0.15) is 11.6 Å². The number of halogens is 4. The number of hydrogen-bond donors (Lipinski definition) is 1. The van der Waals surface area contributed by atoms with E-state index in [0.717, 1.165) is 6.07 Å². The molecule has 2 aromatic rings. The second-order valence-corrected chi connectivity index (χ2v) is 7.05. The Labute approximate surface area is 169 Å². The Hall–Kier alpha value is -2.77. The highest BCUT2D eigenvalue weighted by molar-refractivity contribution is 6.36. The molecule has 0 saturated heterocycles. The van der Waals surface area contributed by atoms with Crippen LogP contribution in [0.1, 0.15) is 11.1 Å². The SMILES string of the molecule is Cc1c(F)cc(F)cc1-c1nc2c(N)ncn(Cc3c(Cl)cccc3Cl)c-2n1. The molecule has 0 spiro atoms. The minimum atomic E-state index is -0.714. The molecule has 0 aliphatic carbocycles. The fourth-order valence-electron chi connectivity index (χ4n) is 2.92. The van der Waals surface area contributed by atoms with Crippen LogP contribution < -0.4 is 5.73 Å². The number of anilines is 1. The van der Waals surface area contributed by atoms with Crippen LogP contribution in [0.3, 0.4) is 0 Å². The maximum absolute atomic E-state index is 13.9. The first kappa shape index (κ1) is 18.6. The zero-order valence-corrected chi connectivity index (χ0v) is 16.1. The van der Waals surface area contributed by atoms with E-state index in [4.69, 9.17) is 28.9 Å². The molecule has 9 heteroatoms. The number of benzene rings is 2. The molecular formula is C19H13Cl2F2N5. The van der Waals surface area contributed by atoms with E-state index in [1.54, 1.807) is 22.8 Å². The molecule has 0 unspecified atom stereocenters. The summed E-state index contributed by atoms with van der Waals surface area (Å²) in [6, 6.07) is 7.21. The Morgan fingerprint density at radius 2 is 1.82 bits per heavy atom. The fourth-order valence-corrected chi connectivity index (χ4v) is 3.44. The van der Waals surface area contributed by atoms with Crippen molar-refractivity contribution in [3.8, 4) is 22.9 Å². The Kier molecular flexibility index (Phi) is 4.64. The van der Waals surface area contributed by atoms with Crippen molar-refractivity contribution in [3.63, 3.8) is 0 Å². The van der Waals surface area contributed by atoms with Crippen LogP contribution in [0.25, 0.3) is 22.9 Å². The van der Waals surface area contributed by atoms with E-state index in [0.29, 0.717) is 27.1 Å². The van der Waals surface area contributed by atoms with Gasteiger partial charge in [0, 0.05) is 27.2 Å². The van der Waals surface area contributed by atoms with Crippen molar-refractivity contribution in [2.75, 3.05) is 5.73 Å². The van der Waals surface area contributed by atoms with E-state index in [1.165, 1.54) is 19.3 Å². The standard InChI is InChI=1S/C19H13Cl2F2N5/c1-9-11(5-10(22)6-15(9)23)18-26-16-17(24)25-8-28(19(16)27-18)7-12-13(20)3-2-4-14(12)21/h2-6,8H,7,24H2,1H3. The normalized spacial score (nSPS) is 11.3. The molecule has 2 aliphatic heterocycles. The summed E-state index contributed by atoms with van der Waals surface area (Å²) in [6.45, 7) is 1.81. The lowest BCUT2D eigenvalue weighted by molar-refractivity contribution is 0.578. The number of nitrogen functional groups attached to an aromatic ring is 1. The van der Waals surface area contributed by atoms with Gasteiger partial charge in [0.15, 0.2) is 23.2 Å². The first-order valence-electron chi connectivity index (χ1n) is 8.22. The summed E-state index contributed by atoms with van der Waals surface area (Å²) < 4.78 is 29.3. The number of hydrogen-bond acceptors (Lipinski definition) is 4. The zero-order valence-electron chi connectivity index (χ0n) is 14.5. The monoisotopic (exact) mass is 419 g/mol. The number of rotatable bonds is 3. The number of nitrogens with zero attached hydrogens (tertiary/aromatic N) is 4. The predicted octanol–water partition coefficient (Wildman–Crippen LogP) is 4.97. The first-order valence-corrected chi connectivity index (χ1v) is 8.98. The molecular weight excluding hydrogens is 407 g/mol. The van der Waals surface area contributed by atoms with Crippen LogP contribution in [0.4, 0.5) is 14.6 Å². The van der Waals surface area contributed by atoms with Gasteiger partial charge in [-0.15, -0.1) is 0 Å². The Morgan fingerprint density at radius 1 is 1.11 bits per heavy atom. The fraction of sp³-hybridized carbons (Fsp3) is 0.105. The van der Waals surface area contributed by atoms with Crippen LogP contribution in [-0.2, 0) is 6.54 Å².